The topological polar surface area (TPSA) is 107 Å². The van der Waals surface area contributed by atoms with E-state index >= 15 is 0 Å². The first-order valence-electron chi connectivity index (χ1n) is 12.9. The molecule has 0 bridgehead atoms. The molecule has 0 spiro atoms. The number of aromatic nitrogens is 1. The summed E-state index contributed by atoms with van der Waals surface area (Å²) in [4.78, 5) is 31.4. The number of carbonyl (C=O) groups excluding carboxylic acids is 1. The molecule has 0 unspecified atom stereocenters. The third kappa shape index (κ3) is 6.65. The number of hydrogen-bond acceptors (Lipinski definition) is 6. The normalized spacial score (nSPS) is 13.9. The number of hydrogen-bond donors (Lipinski definition) is 2. The number of carbonyl (C=O) groups is 1. The molecule has 0 aliphatic carbocycles. The van der Waals surface area contributed by atoms with Crippen LogP contribution in [0, 0.1) is 17.1 Å². The van der Waals surface area contributed by atoms with Gasteiger partial charge >= 0.3 is 6.09 Å². The van der Waals surface area contributed by atoms with Crippen molar-refractivity contribution >= 4 is 11.8 Å². The monoisotopic (exact) mass is 532 g/mol. The van der Waals surface area contributed by atoms with Crippen LogP contribution >= 0.6 is 0 Å². The Balaban J connectivity index is 1.86. The van der Waals surface area contributed by atoms with Crippen molar-refractivity contribution in [1.82, 2.24) is 10.3 Å². The van der Waals surface area contributed by atoms with Crippen LogP contribution in [-0.2, 0) is 11.2 Å². The molecule has 1 fully saturated rings. The maximum Gasteiger partial charge on any atom is 0.415 e. The fourth-order valence-corrected chi connectivity index (χ4v) is 4.67. The first-order valence-corrected chi connectivity index (χ1v) is 12.9. The molecular formula is C30H33FN4O4. The van der Waals surface area contributed by atoms with Gasteiger partial charge in [0.15, 0.2) is 0 Å². The minimum atomic E-state index is -0.762. The third-order valence-corrected chi connectivity index (χ3v) is 6.57. The van der Waals surface area contributed by atoms with E-state index in [1.165, 1.54) is 17.0 Å². The number of ether oxygens (including phenoxy) is 2. The smallest absolute Gasteiger partial charge is 0.415 e. The van der Waals surface area contributed by atoms with Gasteiger partial charge in [0.05, 0.1) is 12.7 Å². The number of methoxy groups -OCH3 is 1. The number of rotatable bonds is 6. The summed E-state index contributed by atoms with van der Waals surface area (Å²) in [5.41, 5.74) is 1.32. The summed E-state index contributed by atoms with van der Waals surface area (Å²) in [6.45, 7) is 6.73. The molecular weight excluding hydrogens is 499 g/mol. The molecule has 1 saturated heterocycles. The number of aromatic amines is 1. The van der Waals surface area contributed by atoms with Crippen molar-refractivity contribution < 1.29 is 18.7 Å². The third-order valence-electron chi connectivity index (χ3n) is 6.57. The number of benzene rings is 2. The lowest BCUT2D eigenvalue weighted by molar-refractivity contribution is 0.0559. The van der Waals surface area contributed by atoms with Crippen LogP contribution in [0.15, 0.2) is 53.3 Å². The predicted octanol–water partition coefficient (Wildman–Crippen LogP) is 5.15. The molecule has 8 nitrogen and oxygen atoms in total. The number of amides is 1. The first-order chi connectivity index (χ1) is 18.6. The lowest BCUT2D eigenvalue weighted by atomic mass is 9.97. The van der Waals surface area contributed by atoms with Crippen molar-refractivity contribution in [2.24, 2.45) is 0 Å². The second kappa shape index (κ2) is 11.7. The standard InChI is InChI=1S/C30H33FN4O4/c1-30(2,3)39-29(37)35(22-11-13-33-14-12-22)27-17-24(20-7-8-21(18-32)25(31)16-20)26(34-28(27)36)15-19-5-9-23(38-4)10-6-19/h5-10,16-17,22,33H,11-15H2,1-4H3,(H,34,36). The van der Waals surface area contributed by atoms with E-state index in [0.717, 1.165) is 5.56 Å². The van der Waals surface area contributed by atoms with E-state index in [1.807, 2.05) is 30.3 Å². The summed E-state index contributed by atoms with van der Waals surface area (Å²) >= 11 is 0. The molecule has 2 N–H and O–H groups in total. The molecule has 1 aliphatic heterocycles. The van der Waals surface area contributed by atoms with E-state index in [1.54, 1.807) is 40.0 Å². The van der Waals surface area contributed by atoms with Crippen molar-refractivity contribution in [3.63, 3.8) is 0 Å². The van der Waals surface area contributed by atoms with E-state index < -0.39 is 23.1 Å². The summed E-state index contributed by atoms with van der Waals surface area (Å²) in [5.74, 6) is 0.0347. The van der Waals surface area contributed by atoms with Crippen molar-refractivity contribution in [3.8, 4) is 22.9 Å². The summed E-state index contributed by atoms with van der Waals surface area (Å²) in [5, 5.41) is 12.5. The van der Waals surface area contributed by atoms with Gasteiger partial charge in [0.2, 0.25) is 0 Å². The van der Waals surface area contributed by atoms with Crippen molar-refractivity contribution in [2.75, 3.05) is 25.1 Å². The van der Waals surface area contributed by atoms with Gasteiger partial charge in [-0.2, -0.15) is 5.26 Å². The van der Waals surface area contributed by atoms with Gasteiger partial charge in [-0.25, -0.2) is 9.18 Å². The molecule has 4 rings (SSSR count). The molecule has 3 aromatic rings. The maximum atomic E-state index is 14.7. The quantitative estimate of drug-likeness (QED) is 0.455. The molecule has 9 heteroatoms. The molecule has 0 radical (unpaired) electrons. The van der Waals surface area contributed by atoms with Gasteiger partial charge < -0.3 is 19.8 Å². The van der Waals surface area contributed by atoms with Gasteiger partial charge in [-0.15, -0.1) is 0 Å². The Morgan fingerprint density at radius 3 is 2.41 bits per heavy atom. The Kier molecular flexibility index (Phi) is 8.36. The Labute approximate surface area is 227 Å². The summed E-state index contributed by atoms with van der Waals surface area (Å²) in [6, 6.07) is 15.0. The van der Waals surface area contributed by atoms with Gasteiger partial charge in [0, 0.05) is 23.7 Å². The molecule has 2 aromatic carbocycles. The first kappa shape index (κ1) is 27.9. The number of nitriles is 1. The van der Waals surface area contributed by atoms with E-state index in [2.05, 4.69) is 10.3 Å². The Bertz CT molecular complexity index is 1430. The maximum absolute atomic E-state index is 14.7. The van der Waals surface area contributed by atoms with Gasteiger partial charge in [-0.05, 0) is 88.2 Å². The van der Waals surface area contributed by atoms with Gasteiger partial charge in [-0.1, -0.05) is 18.2 Å². The van der Waals surface area contributed by atoms with Crippen LogP contribution in [-0.4, -0.2) is 42.9 Å². The van der Waals surface area contributed by atoms with Crippen molar-refractivity contribution in [2.45, 2.75) is 51.7 Å². The number of piperidine rings is 1. The van der Waals surface area contributed by atoms with Crippen LogP contribution in [0.5, 0.6) is 5.75 Å². The number of pyridine rings is 1. The van der Waals surface area contributed by atoms with Gasteiger partial charge in [0.1, 0.15) is 28.9 Å². The van der Waals surface area contributed by atoms with Crippen molar-refractivity contribution in [3.05, 3.63) is 81.5 Å². The number of nitrogens with zero attached hydrogens (tertiary/aromatic N) is 2. The highest BCUT2D eigenvalue weighted by Gasteiger charge is 2.33. The summed E-state index contributed by atoms with van der Waals surface area (Å²) in [7, 11) is 1.58. The van der Waals surface area contributed by atoms with Crippen LogP contribution in [0.4, 0.5) is 14.9 Å². The SMILES string of the molecule is COc1ccc(Cc2[nH]c(=O)c(N(C(=O)OC(C)(C)C)C3CCNCC3)cc2-c2ccc(C#N)c(F)c2)cc1. The molecule has 39 heavy (non-hydrogen) atoms. The summed E-state index contributed by atoms with van der Waals surface area (Å²) in [6.07, 6.45) is 1.02. The average Bonchev–Trinajstić information content (AvgIpc) is 2.90. The van der Waals surface area contributed by atoms with Crippen LogP contribution in [0.3, 0.4) is 0 Å². The lowest BCUT2D eigenvalue weighted by Crippen LogP contribution is -2.50. The zero-order valence-corrected chi connectivity index (χ0v) is 22.6. The largest absolute Gasteiger partial charge is 0.497 e. The average molecular weight is 533 g/mol. The second-order valence-corrected chi connectivity index (χ2v) is 10.5. The number of H-pyrrole nitrogens is 1. The number of halogens is 1. The van der Waals surface area contributed by atoms with Crippen LogP contribution in [0.1, 0.15) is 50.4 Å². The zero-order chi connectivity index (χ0) is 28.2. The minimum absolute atomic E-state index is 0.0785. The highest BCUT2D eigenvalue weighted by molar-refractivity contribution is 5.89. The lowest BCUT2D eigenvalue weighted by Gasteiger charge is -2.35. The highest BCUT2D eigenvalue weighted by atomic mass is 19.1. The van der Waals surface area contributed by atoms with E-state index in [4.69, 9.17) is 9.47 Å². The fourth-order valence-electron chi connectivity index (χ4n) is 4.67. The Morgan fingerprint density at radius 1 is 1.13 bits per heavy atom. The Hall–Kier alpha value is -4.16. The van der Waals surface area contributed by atoms with Crippen LogP contribution < -0.4 is 20.5 Å². The van der Waals surface area contributed by atoms with E-state index in [0.29, 0.717) is 54.9 Å². The second-order valence-electron chi connectivity index (χ2n) is 10.5. The molecule has 2 heterocycles. The zero-order valence-electron chi connectivity index (χ0n) is 22.6. The number of nitrogens with one attached hydrogen (secondary N) is 2. The molecule has 1 amide bonds. The highest BCUT2D eigenvalue weighted by Crippen LogP contribution is 2.31. The van der Waals surface area contributed by atoms with E-state index in [-0.39, 0.29) is 17.3 Å². The van der Waals surface area contributed by atoms with Crippen molar-refractivity contribution in [1.29, 1.82) is 5.26 Å². The molecule has 1 aliphatic rings. The molecule has 0 atom stereocenters. The summed E-state index contributed by atoms with van der Waals surface area (Å²) < 4.78 is 25.7. The predicted molar refractivity (Wildman–Crippen MR) is 148 cm³/mol. The Morgan fingerprint density at radius 2 is 1.82 bits per heavy atom. The molecule has 0 saturated carbocycles. The van der Waals surface area contributed by atoms with E-state index in [9.17, 15) is 19.2 Å². The molecule has 1 aromatic heterocycles. The minimum Gasteiger partial charge on any atom is -0.497 e. The fraction of sp³-hybridized carbons (Fsp3) is 0.367. The molecule has 204 valence electrons. The van der Waals surface area contributed by atoms with Crippen LogP contribution in [0.2, 0.25) is 0 Å². The van der Waals surface area contributed by atoms with Gasteiger partial charge in [-0.3, -0.25) is 9.69 Å². The number of anilines is 1. The van der Waals surface area contributed by atoms with Crippen LogP contribution in [0.25, 0.3) is 11.1 Å². The van der Waals surface area contributed by atoms with Gasteiger partial charge in [0.25, 0.3) is 5.56 Å².